The maximum atomic E-state index is 12.2. The summed E-state index contributed by atoms with van der Waals surface area (Å²) in [5, 5.41) is 0. The first-order valence-corrected chi connectivity index (χ1v) is 14.1. The third-order valence-corrected chi connectivity index (χ3v) is 6.73. The van der Waals surface area contributed by atoms with E-state index in [1.807, 2.05) is 50.8 Å². The number of rotatable bonds is 5. The molecule has 0 aliphatic carbocycles. The molecule has 194 valence electrons. The molecule has 1 amide bonds. The molecule has 3 nitrogen and oxygen atoms in total. The molecule has 35 heavy (non-hydrogen) atoms. The highest BCUT2D eigenvalue weighted by atomic mass is 32.1. The predicted molar refractivity (Wildman–Crippen MR) is 156 cm³/mol. The smallest absolute Gasteiger partial charge is 0.254 e. The summed E-state index contributed by atoms with van der Waals surface area (Å²) in [6, 6.07) is 18.1. The van der Waals surface area contributed by atoms with Crippen LogP contribution in [0.5, 0.6) is 0 Å². The molecule has 0 spiro atoms. The Morgan fingerprint density at radius 1 is 0.743 bits per heavy atom. The number of benzene rings is 2. The Labute approximate surface area is 220 Å². The highest BCUT2D eigenvalue weighted by molar-refractivity contribution is 7.80. The van der Waals surface area contributed by atoms with Crippen LogP contribution < -0.4 is 0 Å². The maximum Gasteiger partial charge on any atom is 0.254 e. The number of carbonyl (C=O) groups excluding carboxylic acids is 1. The zero-order valence-electron chi connectivity index (χ0n) is 23.8. The number of amides is 1. The van der Waals surface area contributed by atoms with Crippen molar-refractivity contribution in [1.29, 1.82) is 0 Å². The lowest BCUT2D eigenvalue weighted by atomic mass is 10.0. The molecule has 0 radical (unpaired) electrons. The molecule has 2 unspecified atom stereocenters. The van der Waals surface area contributed by atoms with Crippen LogP contribution in [-0.4, -0.2) is 32.8 Å². The van der Waals surface area contributed by atoms with Gasteiger partial charge < -0.3 is 9.80 Å². The van der Waals surface area contributed by atoms with Crippen LogP contribution in [0.1, 0.15) is 128 Å². The van der Waals surface area contributed by atoms with Crippen LogP contribution in [0.25, 0.3) is 0 Å². The monoisotopic (exact) mass is 496 g/mol. The molecule has 2 aromatic rings. The standard InChI is InChI=1S/C14H19NO.C13H17NS.2C2H6/c1-4-7-13-11-8-5-6-9-12(11)14(16)15(13)10(2)3;1-4-12-10-7-5-6-8-11(10)13(15)14(12)9(2)3;2*1-2/h5-6,8-10,13H,4,7H2,1-3H3;5-9,12H,4H2,1-3H3;2*1-2H3. The van der Waals surface area contributed by atoms with Gasteiger partial charge in [0.05, 0.1) is 12.1 Å². The Morgan fingerprint density at radius 3 is 1.66 bits per heavy atom. The summed E-state index contributed by atoms with van der Waals surface area (Å²) >= 11 is 5.54. The molecule has 0 saturated carbocycles. The topological polar surface area (TPSA) is 23.6 Å². The number of fused-ring (bicyclic) bond motifs is 2. The van der Waals surface area contributed by atoms with E-state index in [9.17, 15) is 4.79 Å². The van der Waals surface area contributed by atoms with Crippen molar-refractivity contribution in [3.8, 4) is 0 Å². The van der Waals surface area contributed by atoms with Crippen molar-refractivity contribution >= 4 is 23.1 Å². The largest absolute Gasteiger partial charge is 0.353 e. The van der Waals surface area contributed by atoms with E-state index in [1.54, 1.807) is 0 Å². The van der Waals surface area contributed by atoms with Gasteiger partial charge in [0, 0.05) is 23.2 Å². The normalized spacial score (nSPS) is 17.7. The Morgan fingerprint density at radius 2 is 1.20 bits per heavy atom. The van der Waals surface area contributed by atoms with Gasteiger partial charge in [0.2, 0.25) is 0 Å². The average Bonchev–Trinajstić information content (AvgIpc) is 3.33. The summed E-state index contributed by atoms with van der Waals surface area (Å²) in [4.78, 5) is 17.7. The van der Waals surface area contributed by atoms with Crippen molar-refractivity contribution in [3.05, 3.63) is 70.8 Å². The Hall–Kier alpha value is -2.20. The quantitative estimate of drug-likeness (QED) is 0.386. The van der Waals surface area contributed by atoms with Crippen LogP contribution in [0.15, 0.2) is 48.5 Å². The van der Waals surface area contributed by atoms with E-state index in [0.717, 1.165) is 29.8 Å². The molecule has 0 saturated heterocycles. The van der Waals surface area contributed by atoms with Gasteiger partial charge in [0.1, 0.15) is 4.99 Å². The van der Waals surface area contributed by atoms with Crippen molar-refractivity contribution in [2.24, 2.45) is 0 Å². The molecule has 2 aliphatic heterocycles. The SMILES string of the molecule is CC.CC.CCC1c2ccccc2C(=S)N1C(C)C.CCCC1c2ccccc2C(=O)N1C(C)C. The molecule has 2 aromatic carbocycles. The highest BCUT2D eigenvalue weighted by Crippen LogP contribution is 2.38. The zero-order chi connectivity index (χ0) is 26.7. The number of carbonyl (C=O) groups is 1. The molecule has 0 N–H and O–H groups in total. The van der Waals surface area contributed by atoms with Gasteiger partial charge in [-0.25, -0.2) is 0 Å². The fraction of sp³-hybridized carbons (Fsp3) is 0.548. The first-order valence-electron chi connectivity index (χ1n) is 13.7. The lowest BCUT2D eigenvalue weighted by Gasteiger charge is -2.30. The van der Waals surface area contributed by atoms with Crippen LogP contribution in [0.4, 0.5) is 0 Å². The van der Waals surface area contributed by atoms with Crippen LogP contribution in [0, 0.1) is 0 Å². The Bertz CT molecular complexity index is 937. The second-order valence-electron chi connectivity index (χ2n) is 9.02. The average molecular weight is 497 g/mol. The molecule has 0 aromatic heterocycles. The minimum atomic E-state index is 0.198. The second kappa shape index (κ2) is 15.0. The molecule has 4 heteroatoms. The third-order valence-electron chi connectivity index (χ3n) is 6.30. The molecule has 2 atom stereocenters. The van der Waals surface area contributed by atoms with Gasteiger partial charge in [0.25, 0.3) is 5.91 Å². The highest BCUT2D eigenvalue weighted by Gasteiger charge is 2.37. The van der Waals surface area contributed by atoms with Gasteiger partial charge >= 0.3 is 0 Å². The fourth-order valence-corrected chi connectivity index (χ4v) is 5.52. The van der Waals surface area contributed by atoms with Gasteiger partial charge in [-0.1, -0.05) is 103 Å². The molecule has 2 aliphatic rings. The third kappa shape index (κ3) is 6.73. The summed E-state index contributed by atoms with van der Waals surface area (Å²) < 4.78 is 0. The van der Waals surface area contributed by atoms with E-state index in [4.69, 9.17) is 12.2 Å². The molecule has 0 bridgehead atoms. The summed E-state index contributed by atoms with van der Waals surface area (Å²) in [6.07, 6.45) is 3.28. The summed E-state index contributed by atoms with van der Waals surface area (Å²) in [5.41, 5.74) is 4.77. The number of thiocarbonyl (C=S) groups is 1. The van der Waals surface area contributed by atoms with Crippen molar-refractivity contribution in [2.75, 3.05) is 0 Å². The lowest BCUT2D eigenvalue weighted by Crippen LogP contribution is -2.34. The number of hydrogen-bond donors (Lipinski definition) is 0. The minimum Gasteiger partial charge on any atom is -0.353 e. The van der Waals surface area contributed by atoms with Crippen molar-refractivity contribution in [2.45, 2.75) is 113 Å². The first-order chi connectivity index (χ1) is 16.8. The maximum absolute atomic E-state index is 12.2. The van der Waals surface area contributed by atoms with E-state index >= 15 is 0 Å². The second-order valence-corrected chi connectivity index (χ2v) is 9.40. The number of hydrogen-bond acceptors (Lipinski definition) is 2. The first kappa shape index (κ1) is 30.8. The summed E-state index contributed by atoms with van der Waals surface area (Å²) in [7, 11) is 0. The van der Waals surface area contributed by atoms with E-state index in [-0.39, 0.29) is 18.0 Å². The molecule has 2 heterocycles. The van der Waals surface area contributed by atoms with Gasteiger partial charge in [-0.3, -0.25) is 4.79 Å². The zero-order valence-corrected chi connectivity index (χ0v) is 24.6. The van der Waals surface area contributed by atoms with Crippen LogP contribution in [-0.2, 0) is 0 Å². The summed E-state index contributed by atoms with van der Waals surface area (Å²) in [6.45, 7) is 21.0. The minimum absolute atomic E-state index is 0.198. The van der Waals surface area contributed by atoms with Gasteiger partial charge in [-0.2, -0.15) is 0 Å². The van der Waals surface area contributed by atoms with Crippen LogP contribution in [0.2, 0.25) is 0 Å². The molecular weight excluding hydrogens is 448 g/mol. The summed E-state index contributed by atoms with van der Waals surface area (Å²) in [5.74, 6) is 0.198. The van der Waals surface area contributed by atoms with Gasteiger partial charge in [0.15, 0.2) is 0 Å². The van der Waals surface area contributed by atoms with Crippen molar-refractivity contribution in [1.82, 2.24) is 9.80 Å². The van der Waals surface area contributed by atoms with Gasteiger partial charge in [-0.15, -0.1) is 0 Å². The Balaban J connectivity index is 0.000000307. The predicted octanol–water partition coefficient (Wildman–Crippen LogP) is 8.98. The molecule has 0 fully saturated rings. The Kier molecular flexibility index (Phi) is 13.2. The van der Waals surface area contributed by atoms with E-state index in [2.05, 4.69) is 76.8 Å². The molecule has 4 rings (SSSR count). The van der Waals surface area contributed by atoms with E-state index in [0.29, 0.717) is 12.1 Å². The lowest BCUT2D eigenvalue weighted by molar-refractivity contribution is 0.0652. The van der Waals surface area contributed by atoms with Crippen molar-refractivity contribution in [3.63, 3.8) is 0 Å². The molecular formula is C31H48N2OS. The van der Waals surface area contributed by atoms with Crippen LogP contribution >= 0.6 is 12.2 Å². The van der Waals surface area contributed by atoms with E-state index in [1.165, 1.54) is 16.7 Å². The van der Waals surface area contributed by atoms with Gasteiger partial charge in [-0.05, 0) is 57.7 Å². The van der Waals surface area contributed by atoms with Crippen molar-refractivity contribution < 1.29 is 4.79 Å². The van der Waals surface area contributed by atoms with E-state index < -0.39 is 0 Å². The van der Waals surface area contributed by atoms with Crippen LogP contribution in [0.3, 0.4) is 0 Å². The number of nitrogens with zero attached hydrogens (tertiary/aromatic N) is 2. The fourth-order valence-electron chi connectivity index (χ4n) is 5.00.